The van der Waals surface area contributed by atoms with E-state index in [9.17, 15) is 0 Å². The van der Waals surface area contributed by atoms with E-state index in [1.54, 1.807) is 11.3 Å². The van der Waals surface area contributed by atoms with Crippen molar-refractivity contribution in [1.29, 1.82) is 0 Å². The second-order valence-electron chi connectivity index (χ2n) is 5.49. The summed E-state index contributed by atoms with van der Waals surface area (Å²) in [5.74, 6) is 0.513. The Hall–Kier alpha value is -0.450. The molecule has 0 saturated carbocycles. The van der Waals surface area contributed by atoms with Gasteiger partial charge >= 0.3 is 0 Å². The van der Waals surface area contributed by atoms with E-state index in [2.05, 4.69) is 38.0 Å². The summed E-state index contributed by atoms with van der Waals surface area (Å²) in [5.41, 5.74) is 7.43. The Morgan fingerprint density at radius 2 is 2.12 bits per heavy atom. The van der Waals surface area contributed by atoms with Crippen molar-refractivity contribution in [2.75, 3.05) is 6.54 Å². The molecule has 1 saturated heterocycles. The van der Waals surface area contributed by atoms with E-state index < -0.39 is 0 Å². The maximum atomic E-state index is 6.25. The van der Waals surface area contributed by atoms with Crippen LogP contribution in [0.5, 0.6) is 0 Å². The Balaban J connectivity index is 2.23. The van der Waals surface area contributed by atoms with Gasteiger partial charge in [-0.25, -0.2) is 4.98 Å². The van der Waals surface area contributed by atoms with E-state index in [-0.39, 0.29) is 6.04 Å². The van der Waals surface area contributed by atoms with Crippen LogP contribution in [0.25, 0.3) is 0 Å². The van der Waals surface area contributed by atoms with Gasteiger partial charge in [-0.3, -0.25) is 4.90 Å². The summed E-state index contributed by atoms with van der Waals surface area (Å²) in [7, 11) is 0. The molecule has 0 amide bonds. The highest BCUT2D eigenvalue weighted by molar-refractivity contribution is 7.09. The first-order valence-corrected chi connectivity index (χ1v) is 7.35. The molecule has 2 heterocycles. The topological polar surface area (TPSA) is 42.1 Å². The minimum absolute atomic E-state index is 0.236. The lowest BCUT2D eigenvalue weighted by Crippen LogP contribution is -2.36. The first-order chi connectivity index (χ1) is 8.00. The molecular weight excluding hydrogens is 230 g/mol. The molecule has 1 aromatic rings. The first-order valence-electron chi connectivity index (χ1n) is 6.47. The van der Waals surface area contributed by atoms with Gasteiger partial charge in [-0.2, -0.15) is 0 Å². The number of hydrogen-bond donors (Lipinski definition) is 1. The zero-order chi connectivity index (χ0) is 12.6. The number of thiazole rings is 1. The largest absolute Gasteiger partial charge is 0.326 e. The Bertz CT molecular complexity index is 372. The minimum Gasteiger partial charge on any atom is -0.326 e. The Kier molecular flexibility index (Phi) is 3.85. The summed E-state index contributed by atoms with van der Waals surface area (Å²) < 4.78 is 0. The number of hydrogen-bond acceptors (Lipinski definition) is 4. The molecule has 0 radical (unpaired) electrons. The molecule has 0 aliphatic carbocycles. The molecule has 3 nitrogen and oxygen atoms in total. The first kappa shape index (κ1) is 13.0. The van der Waals surface area contributed by atoms with E-state index in [0.29, 0.717) is 18.0 Å². The molecule has 1 fully saturated rings. The van der Waals surface area contributed by atoms with E-state index in [1.807, 2.05) is 0 Å². The van der Waals surface area contributed by atoms with Crippen LogP contribution in [-0.2, 0) is 0 Å². The molecule has 0 unspecified atom stereocenters. The fourth-order valence-corrected chi connectivity index (χ4v) is 3.38. The summed E-state index contributed by atoms with van der Waals surface area (Å²) in [5, 5.41) is 3.42. The highest BCUT2D eigenvalue weighted by atomic mass is 32.1. The Morgan fingerprint density at radius 1 is 1.41 bits per heavy atom. The van der Waals surface area contributed by atoms with E-state index >= 15 is 0 Å². The normalized spacial score (nSPS) is 26.3. The average molecular weight is 253 g/mol. The van der Waals surface area contributed by atoms with Gasteiger partial charge in [-0.15, -0.1) is 11.3 Å². The minimum atomic E-state index is 0.236. The van der Waals surface area contributed by atoms with Gasteiger partial charge in [-0.1, -0.05) is 13.8 Å². The van der Waals surface area contributed by atoms with Crippen LogP contribution in [-0.4, -0.2) is 28.5 Å². The van der Waals surface area contributed by atoms with Gasteiger partial charge in [0.25, 0.3) is 0 Å². The van der Waals surface area contributed by atoms with Gasteiger partial charge in [0, 0.05) is 29.9 Å². The van der Waals surface area contributed by atoms with Crippen LogP contribution in [0.15, 0.2) is 5.38 Å². The van der Waals surface area contributed by atoms with Crippen LogP contribution in [0.2, 0.25) is 0 Å². The smallest absolute Gasteiger partial charge is 0.0954 e. The zero-order valence-corrected chi connectivity index (χ0v) is 12.0. The summed E-state index contributed by atoms with van der Waals surface area (Å²) >= 11 is 1.77. The SMILES string of the molecule is CC(C)c1nc([C@H]2[C@H](N)CCN2C(C)C)cs1. The van der Waals surface area contributed by atoms with Crippen molar-refractivity contribution >= 4 is 11.3 Å². The maximum absolute atomic E-state index is 6.25. The monoisotopic (exact) mass is 253 g/mol. The van der Waals surface area contributed by atoms with Crippen LogP contribution in [0.3, 0.4) is 0 Å². The molecule has 4 heteroatoms. The number of aromatic nitrogens is 1. The van der Waals surface area contributed by atoms with Crippen LogP contribution in [0.1, 0.15) is 56.8 Å². The predicted octanol–water partition coefficient (Wildman–Crippen LogP) is 2.75. The predicted molar refractivity (Wildman–Crippen MR) is 73.4 cm³/mol. The van der Waals surface area contributed by atoms with E-state index in [4.69, 9.17) is 10.7 Å². The Labute approximate surface area is 108 Å². The molecule has 0 spiro atoms. The van der Waals surface area contributed by atoms with Crippen LogP contribution in [0.4, 0.5) is 0 Å². The van der Waals surface area contributed by atoms with Crippen molar-refractivity contribution in [2.45, 2.75) is 58.2 Å². The van der Waals surface area contributed by atoms with Gasteiger partial charge < -0.3 is 5.73 Å². The van der Waals surface area contributed by atoms with Crippen molar-refractivity contribution in [1.82, 2.24) is 9.88 Å². The van der Waals surface area contributed by atoms with Crippen LogP contribution in [0, 0.1) is 0 Å². The highest BCUT2D eigenvalue weighted by Gasteiger charge is 2.35. The molecule has 2 N–H and O–H groups in total. The summed E-state index contributed by atoms with van der Waals surface area (Å²) in [6.45, 7) is 9.95. The van der Waals surface area contributed by atoms with E-state index in [0.717, 1.165) is 13.0 Å². The number of nitrogens with two attached hydrogens (primary N) is 1. The molecule has 1 aromatic heterocycles. The molecule has 17 heavy (non-hydrogen) atoms. The van der Waals surface area contributed by atoms with Crippen molar-refractivity contribution < 1.29 is 0 Å². The second kappa shape index (κ2) is 5.04. The third-order valence-corrected chi connectivity index (χ3v) is 4.65. The lowest BCUT2D eigenvalue weighted by molar-refractivity contribution is 0.195. The molecule has 1 aliphatic heterocycles. The van der Waals surface area contributed by atoms with Gasteiger partial charge in [-0.05, 0) is 20.3 Å². The molecular formula is C13H23N3S. The zero-order valence-electron chi connectivity index (χ0n) is 11.2. The van der Waals surface area contributed by atoms with Crippen molar-refractivity contribution in [3.05, 3.63) is 16.1 Å². The van der Waals surface area contributed by atoms with Crippen molar-refractivity contribution in [2.24, 2.45) is 5.73 Å². The number of rotatable bonds is 3. The summed E-state index contributed by atoms with van der Waals surface area (Å²) in [6, 6.07) is 1.09. The summed E-state index contributed by atoms with van der Waals surface area (Å²) in [6.07, 6.45) is 1.08. The molecule has 1 aliphatic rings. The lowest BCUT2D eigenvalue weighted by atomic mass is 10.1. The molecule has 2 rings (SSSR count). The highest BCUT2D eigenvalue weighted by Crippen LogP contribution is 2.34. The Morgan fingerprint density at radius 3 is 2.65 bits per heavy atom. The molecule has 96 valence electrons. The quantitative estimate of drug-likeness (QED) is 0.900. The number of nitrogens with zero attached hydrogens (tertiary/aromatic N) is 2. The third kappa shape index (κ3) is 2.54. The van der Waals surface area contributed by atoms with Gasteiger partial charge in [0.15, 0.2) is 0 Å². The maximum Gasteiger partial charge on any atom is 0.0954 e. The van der Waals surface area contributed by atoms with Crippen LogP contribution >= 0.6 is 11.3 Å². The van der Waals surface area contributed by atoms with Crippen LogP contribution < -0.4 is 5.73 Å². The van der Waals surface area contributed by atoms with Crippen molar-refractivity contribution in [3.63, 3.8) is 0 Å². The second-order valence-corrected chi connectivity index (χ2v) is 6.38. The lowest BCUT2D eigenvalue weighted by Gasteiger charge is -2.28. The van der Waals surface area contributed by atoms with E-state index in [1.165, 1.54) is 10.7 Å². The standard InChI is InChI=1S/C13H23N3S/c1-8(2)13-15-11(7-17-13)12-10(14)5-6-16(12)9(3)4/h7-10,12H,5-6,14H2,1-4H3/t10-,12-/m1/s1. The third-order valence-electron chi connectivity index (χ3n) is 3.48. The van der Waals surface area contributed by atoms with Gasteiger partial charge in [0.2, 0.25) is 0 Å². The fraction of sp³-hybridized carbons (Fsp3) is 0.769. The van der Waals surface area contributed by atoms with Gasteiger partial charge in [0.1, 0.15) is 0 Å². The van der Waals surface area contributed by atoms with Gasteiger partial charge in [0.05, 0.1) is 16.7 Å². The summed E-state index contributed by atoms with van der Waals surface area (Å²) in [4.78, 5) is 7.25. The fourth-order valence-electron chi connectivity index (χ4n) is 2.51. The molecule has 0 aromatic carbocycles. The number of likely N-dealkylation sites (tertiary alicyclic amines) is 1. The average Bonchev–Trinajstić information content (AvgIpc) is 2.82. The van der Waals surface area contributed by atoms with Crippen molar-refractivity contribution in [3.8, 4) is 0 Å². The molecule has 0 bridgehead atoms. The molecule has 2 atom stereocenters.